The van der Waals surface area contributed by atoms with Gasteiger partial charge in [0.15, 0.2) is 0 Å². The van der Waals surface area contributed by atoms with Gasteiger partial charge in [-0.2, -0.15) is 0 Å². The Morgan fingerprint density at radius 1 is 1.08 bits per heavy atom. The Morgan fingerprint density at radius 2 is 1.76 bits per heavy atom. The Balaban J connectivity index is 1.77. The molecular weight excluding hydrogens is 338 g/mol. The second-order valence-corrected chi connectivity index (χ2v) is 5.84. The maximum absolute atomic E-state index is 12.6. The van der Waals surface area contributed by atoms with Gasteiger partial charge in [0.05, 0.1) is 13.7 Å². The molecular formula is C18H17N3O3S. The van der Waals surface area contributed by atoms with Gasteiger partial charge in [0.25, 0.3) is 5.91 Å². The zero-order valence-electron chi connectivity index (χ0n) is 13.9. The van der Waals surface area contributed by atoms with E-state index in [0.29, 0.717) is 22.9 Å². The fourth-order valence-corrected chi connectivity index (χ4v) is 2.85. The quantitative estimate of drug-likeness (QED) is 0.727. The highest BCUT2D eigenvalue weighted by Crippen LogP contribution is 2.27. The van der Waals surface area contributed by atoms with E-state index >= 15 is 0 Å². The molecule has 0 fully saturated rings. The van der Waals surface area contributed by atoms with E-state index in [4.69, 9.17) is 9.47 Å². The predicted molar refractivity (Wildman–Crippen MR) is 97.5 cm³/mol. The van der Waals surface area contributed by atoms with E-state index in [0.717, 1.165) is 28.6 Å². The molecule has 0 bridgehead atoms. The number of aromatic nitrogens is 2. The largest absolute Gasteiger partial charge is 0.497 e. The lowest BCUT2D eigenvalue weighted by atomic mass is 10.1. The molecule has 128 valence electrons. The number of rotatable bonds is 6. The fourth-order valence-electron chi connectivity index (χ4n) is 2.27. The minimum absolute atomic E-state index is 0.245. The first-order chi connectivity index (χ1) is 12.2. The molecule has 0 radical (unpaired) electrons. The van der Waals surface area contributed by atoms with Crippen molar-refractivity contribution in [2.75, 3.05) is 19.0 Å². The van der Waals surface area contributed by atoms with Gasteiger partial charge in [-0.3, -0.25) is 4.79 Å². The summed E-state index contributed by atoms with van der Waals surface area (Å²) in [6.45, 7) is 2.52. The van der Waals surface area contributed by atoms with Crippen LogP contribution in [0.15, 0.2) is 48.5 Å². The van der Waals surface area contributed by atoms with Crippen LogP contribution < -0.4 is 14.8 Å². The second-order valence-electron chi connectivity index (χ2n) is 5.09. The standard InChI is InChI=1S/C18H17N3O3S/c1-3-24-15-10-6-13(7-11-15)19-18(22)17-16(20-21-25-17)12-4-8-14(23-2)9-5-12/h4-11H,3H2,1-2H3,(H,19,22). The van der Waals surface area contributed by atoms with E-state index in [2.05, 4.69) is 14.9 Å². The van der Waals surface area contributed by atoms with Crippen LogP contribution in [0.2, 0.25) is 0 Å². The summed E-state index contributed by atoms with van der Waals surface area (Å²) in [5, 5.41) is 6.95. The number of hydrogen-bond acceptors (Lipinski definition) is 6. The number of carbonyl (C=O) groups is 1. The minimum atomic E-state index is -0.245. The number of amides is 1. The van der Waals surface area contributed by atoms with Crippen molar-refractivity contribution in [3.63, 3.8) is 0 Å². The van der Waals surface area contributed by atoms with Crippen molar-refractivity contribution in [2.45, 2.75) is 6.92 Å². The summed E-state index contributed by atoms with van der Waals surface area (Å²) in [5.74, 6) is 1.26. The van der Waals surface area contributed by atoms with Crippen molar-refractivity contribution in [2.24, 2.45) is 0 Å². The molecule has 0 aliphatic heterocycles. The molecule has 0 unspecified atom stereocenters. The Morgan fingerprint density at radius 3 is 2.40 bits per heavy atom. The number of ether oxygens (including phenoxy) is 2. The Bertz CT molecular complexity index is 845. The summed E-state index contributed by atoms with van der Waals surface area (Å²) in [6.07, 6.45) is 0. The molecule has 3 aromatic rings. The van der Waals surface area contributed by atoms with Gasteiger partial charge in [0.2, 0.25) is 0 Å². The highest BCUT2D eigenvalue weighted by atomic mass is 32.1. The summed E-state index contributed by atoms with van der Waals surface area (Å²) in [7, 11) is 1.61. The number of methoxy groups -OCH3 is 1. The molecule has 0 spiro atoms. The van der Waals surface area contributed by atoms with Crippen LogP contribution in [-0.2, 0) is 0 Å². The van der Waals surface area contributed by atoms with Crippen LogP contribution >= 0.6 is 11.5 Å². The first kappa shape index (κ1) is 16.9. The van der Waals surface area contributed by atoms with Gasteiger partial charge in [-0.15, -0.1) is 5.10 Å². The number of nitrogens with zero attached hydrogens (tertiary/aromatic N) is 2. The van der Waals surface area contributed by atoms with E-state index in [1.807, 2.05) is 43.3 Å². The molecule has 0 aliphatic rings. The van der Waals surface area contributed by atoms with Crippen LogP contribution in [0, 0.1) is 0 Å². The Kier molecular flexibility index (Phi) is 5.25. The van der Waals surface area contributed by atoms with Crippen molar-refractivity contribution in [3.8, 4) is 22.8 Å². The maximum Gasteiger partial charge on any atom is 0.269 e. The summed E-state index contributed by atoms with van der Waals surface area (Å²) < 4.78 is 14.5. The molecule has 1 amide bonds. The number of hydrogen-bond donors (Lipinski definition) is 1. The SMILES string of the molecule is CCOc1ccc(NC(=O)c2snnc2-c2ccc(OC)cc2)cc1. The van der Waals surface area contributed by atoms with E-state index < -0.39 is 0 Å². The molecule has 6 nitrogen and oxygen atoms in total. The average Bonchev–Trinajstić information content (AvgIpc) is 3.13. The highest BCUT2D eigenvalue weighted by molar-refractivity contribution is 7.08. The molecule has 0 saturated carbocycles. The molecule has 7 heteroatoms. The summed E-state index contributed by atoms with van der Waals surface area (Å²) in [5.41, 5.74) is 2.05. The number of nitrogens with one attached hydrogen (secondary N) is 1. The van der Waals surface area contributed by atoms with Crippen molar-refractivity contribution < 1.29 is 14.3 Å². The second kappa shape index (κ2) is 7.76. The molecule has 1 aromatic heterocycles. The maximum atomic E-state index is 12.6. The summed E-state index contributed by atoms with van der Waals surface area (Å²) >= 11 is 1.06. The molecule has 0 saturated heterocycles. The first-order valence-corrected chi connectivity index (χ1v) is 8.49. The molecule has 0 aliphatic carbocycles. The van der Waals surface area contributed by atoms with Crippen molar-refractivity contribution in [1.82, 2.24) is 9.59 Å². The van der Waals surface area contributed by atoms with E-state index in [9.17, 15) is 4.79 Å². The zero-order valence-corrected chi connectivity index (χ0v) is 14.7. The lowest BCUT2D eigenvalue weighted by Crippen LogP contribution is -2.11. The first-order valence-electron chi connectivity index (χ1n) is 7.72. The predicted octanol–water partition coefficient (Wildman–Crippen LogP) is 3.86. The van der Waals surface area contributed by atoms with Crippen molar-refractivity contribution in [1.29, 1.82) is 0 Å². The smallest absolute Gasteiger partial charge is 0.269 e. The third-order valence-corrected chi connectivity index (χ3v) is 4.21. The lowest BCUT2D eigenvalue weighted by molar-refractivity contribution is 0.103. The van der Waals surface area contributed by atoms with Crippen LogP contribution in [-0.4, -0.2) is 29.2 Å². The molecule has 25 heavy (non-hydrogen) atoms. The van der Waals surface area contributed by atoms with E-state index in [1.54, 1.807) is 19.2 Å². The van der Waals surface area contributed by atoms with Gasteiger partial charge < -0.3 is 14.8 Å². The van der Waals surface area contributed by atoms with Gasteiger partial charge in [-0.1, -0.05) is 4.49 Å². The molecule has 1 N–H and O–H groups in total. The van der Waals surface area contributed by atoms with Crippen LogP contribution in [0.25, 0.3) is 11.3 Å². The van der Waals surface area contributed by atoms with Crippen molar-refractivity contribution in [3.05, 3.63) is 53.4 Å². The van der Waals surface area contributed by atoms with Crippen LogP contribution in [0.4, 0.5) is 5.69 Å². The number of benzene rings is 2. The summed E-state index contributed by atoms with van der Waals surface area (Å²) in [4.78, 5) is 13.0. The van der Waals surface area contributed by atoms with E-state index in [1.165, 1.54) is 0 Å². The van der Waals surface area contributed by atoms with Crippen LogP contribution in [0.5, 0.6) is 11.5 Å². The zero-order chi connectivity index (χ0) is 17.6. The van der Waals surface area contributed by atoms with Gasteiger partial charge in [-0.05, 0) is 67.0 Å². The fraction of sp³-hybridized carbons (Fsp3) is 0.167. The van der Waals surface area contributed by atoms with Crippen LogP contribution in [0.1, 0.15) is 16.6 Å². The minimum Gasteiger partial charge on any atom is -0.497 e. The Hall–Kier alpha value is -2.93. The topological polar surface area (TPSA) is 73.3 Å². The third-order valence-electron chi connectivity index (χ3n) is 3.48. The molecule has 2 aromatic carbocycles. The molecule has 3 rings (SSSR count). The molecule has 0 atom stereocenters. The third kappa shape index (κ3) is 3.95. The summed E-state index contributed by atoms with van der Waals surface area (Å²) in [6, 6.07) is 14.6. The normalized spacial score (nSPS) is 10.3. The van der Waals surface area contributed by atoms with Crippen LogP contribution in [0.3, 0.4) is 0 Å². The number of anilines is 1. The highest BCUT2D eigenvalue weighted by Gasteiger charge is 2.18. The van der Waals surface area contributed by atoms with Gasteiger partial charge >= 0.3 is 0 Å². The van der Waals surface area contributed by atoms with Gasteiger partial charge in [0.1, 0.15) is 22.1 Å². The Labute approximate surface area is 149 Å². The lowest BCUT2D eigenvalue weighted by Gasteiger charge is -2.07. The number of carbonyl (C=O) groups excluding carboxylic acids is 1. The molecule has 1 heterocycles. The monoisotopic (exact) mass is 355 g/mol. The average molecular weight is 355 g/mol. The van der Waals surface area contributed by atoms with Gasteiger partial charge in [0, 0.05) is 11.3 Å². The van der Waals surface area contributed by atoms with Crippen molar-refractivity contribution >= 4 is 23.1 Å². The van der Waals surface area contributed by atoms with E-state index in [-0.39, 0.29) is 5.91 Å². The van der Waals surface area contributed by atoms with Gasteiger partial charge in [-0.25, -0.2) is 0 Å².